The third-order valence-electron chi connectivity index (χ3n) is 4.19. The lowest BCUT2D eigenvalue weighted by molar-refractivity contribution is -0.125. The molecule has 2 fully saturated rings. The Morgan fingerprint density at radius 1 is 1.29 bits per heavy atom. The van der Waals surface area contributed by atoms with Gasteiger partial charge in [0, 0.05) is 19.6 Å². The summed E-state index contributed by atoms with van der Waals surface area (Å²) in [6.45, 7) is 7.26. The largest absolute Gasteiger partial charge is 0.368 e. The normalized spacial score (nSPS) is 34.3. The smallest absolute Gasteiger partial charge is 0.239 e. The van der Waals surface area contributed by atoms with Gasteiger partial charge in [-0.05, 0) is 37.0 Å². The van der Waals surface area contributed by atoms with Crippen LogP contribution < -0.4 is 11.5 Å². The van der Waals surface area contributed by atoms with Crippen LogP contribution in [0.3, 0.4) is 0 Å². The van der Waals surface area contributed by atoms with Crippen LogP contribution in [0.2, 0.25) is 0 Å². The van der Waals surface area contributed by atoms with Crippen LogP contribution in [0.15, 0.2) is 0 Å². The van der Waals surface area contributed by atoms with Crippen LogP contribution in [0, 0.1) is 17.8 Å². The van der Waals surface area contributed by atoms with Gasteiger partial charge in [-0.3, -0.25) is 4.79 Å². The second kappa shape index (κ2) is 4.58. The zero-order valence-corrected chi connectivity index (χ0v) is 11.0. The minimum absolute atomic E-state index is 0.313. The van der Waals surface area contributed by atoms with Crippen molar-refractivity contribution >= 4 is 5.91 Å². The number of piperidine rings is 1. The molecule has 3 unspecified atom stereocenters. The maximum absolute atomic E-state index is 11.6. The number of amides is 1. The second-order valence-corrected chi connectivity index (χ2v) is 6.32. The first-order chi connectivity index (χ1) is 7.91. The molecule has 0 aromatic rings. The van der Waals surface area contributed by atoms with Gasteiger partial charge in [-0.2, -0.15) is 0 Å². The zero-order valence-electron chi connectivity index (χ0n) is 11.0. The molecule has 0 radical (unpaired) electrons. The van der Waals surface area contributed by atoms with Gasteiger partial charge < -0.3 is 16.4 Å². The molecule has 0 spiro atoms. The Balaban J connectivity index is 2.00. The highest BCUT2D eigenvalue weighted by atomic mass is 16.1. The molecule has 17 heavy (non-hydrogen) atoms. The summed E-state index contributed by atoms with van der Waals surface area (Å²) in [6.07, 6.45) is 3.38. The van der Waals surface area contributed by atoms with Crippen LogP contribution in [0.1, 0.15) is 33.1 Å². The topological polar surface area (TPSA) is 72.3 Å². The van der Waals surface area contributed by atoms with Gasteiger partial charge in [0.1, 0.15) is 5.54 Å². The number of primary amides is 1. The minimum atomic E-state index is -0.795. The Morgan fingerprint density at radius 3 is 2.24 bits per heavy atom. The zero-order chi connectivity index (χ0) is 12.6. The van der Waals surface area contributed by atoms with Gasteiger partial charge in [0.2, 0.25) is 5.91 Å². The van der Waals surface area contributed by atoms with Crippen LogP contribution in [0.25, 0.3) is 0 Å². The molecule has 1 saturated heterocycles. The summed E-state index contributed by atoms with van der Waals surface area (Å²) in [4.78, 5) is 13.9. The maximum Gasteiger partial charge on any atom is 0.239 e. The summed E-state index contributed by atoms with van der Waals surface area (Å²) in [7, 11) is 0. The molecule has 4 nitrogen and oxygen atoms in total. The summed E-state index contributed by atoms with van der Waals surface area (Å²) in [5.74, 6) is 1.36. The number of nitrogens with zero attached hydrogens (tertiary/aromatic N) is 1. The van der Waals surface area contributed by atoms with E-state index in [0.717, 1.165) is 25.9 Å². The molecule has 1 saturated carbocycles. The van der Waals surface area contributed by atoms with E-state index >= 15 is 0 Å². The fraction of sp³-hybridized carbons (Fsp3) is 0.923. The molecule has 1 aliphatic heterocycles. The van der Waals surface area contributed by atoms with Gasteiger partial charge in [-0.25, -0.2) is 0 Å². The number of hydrogen-bond acceptors (Lipinski definition) is 3. The van der Waals surface area contributed by atoms with Gasteiger partial charge in [0.05, 0.1) is 0 Å². The molecule has 2 rings (SSSR count). The minimum Gasteiger partial charge on any atom is -0.368 e. The predicted molar refractivity (Wildman–Crippen MR) is 68.2 cm³/mol. The Morgan fingerprint density at radius 2 is 1.82 bits per heavy atom. The maximum atomic E-state index is 11.6. The summed E-state index contributed by atoms with van der Waals surface area (Å²) < 4.78 is 0. The number of nitrogens with two attached hydrogens (primary N) is 2. The van der Waals surface area contributed by atoms with E-state index in [1.807, 2.05) is 0 Å². The van der Waals surface area contributed by atoms with Crippen molar-refractivity contribution in [3.05, 3.63) is 0 Å². The third-order valence-corrected chi connectivity index (χ3v) is 4.19. The third kappa shape index (κ3) is 2.80. The lowest BCUT2D eigenvalue weighted by Gasteiger charge is -2.39. The van der Waals surface area contributed by atoms with E-state index in [1.165, 1.54) is 6.42 Å². The van der Waals surface area contributed by atoms with Crippen molar-refractivity contribution in [3.63, 3.8) is 0 Å². The van der Waals surface area contributed by atoms with Crippen molar-refractivity contribution in [3.8, 4) is 0 Å². The Bertz CT molecular complexity index is 293. The summed E-state index contributed by atoms with van der Waals surface area (Å²) in [5.41, 5.74) is 11.0. The molecular weight excluding hydrogens is 214 g/mol. The summed E-state index contributed by atoms with van der Waals surface area (Å²) in [5, 5.41) is 0. The van der Waals surface area contributed by atoms with E-state index in [1.54, 1.807) is 0 Å². The van der Waals surface area contributed by atoms with E-state index in [9.17, 15) is 4.79 Å². The van der Waals surface area contributed by atoms with Gasteiger partial charge in [0.25, 0.3) is 0 Å². The monoisotopic (exact) mass is 239 g/mol. The predicted octanol–water partition coefficient (Wildman–Crippen LogP) is 0.557. The van der Waals surface area contributed by atoms with Crippen LogP contribution in [0.4, 0.5) is 0 Å². The molecule has 1 heterocycles. The van der Waals surface area contributed by atoms with Crippen molar-refractivity contribution in [1.29, 1.82) is 0 Å². The van der Waals surface area contributed by atoms with Crippen LogP contribution in [-0.2, 0) is 4.79 Å². The van der Waals surface area contributed by atoms with E-state index in [4.69, 9.17) is 11.5 Å². The molecule has 98 valence electrons. The lowest BCUT2D eigenvalue weighted by Crippen LogP contribution is -2.62. The summed E-state index contributed by atoms with van der Waals surface area (Å²) >= 11 is 0. The van der Waals surface area contributed by atoms with Crippen LogP contribution in [0.5, 0.6) is 0 Å². The fourth-order valence-electron chi connectivity index (χ4n) is 3.30. The average molecular weight is 239 g/mol. The molecule has 2 aliphatic rings. The summed E-state index contributed by atoms with van der Waals surface area (Å²) in [6, 6.07) is 0. The van der Waals surface area contributed by atoms with Crippen molar-refractivity contribution in [2.75, 3.05) is 19.6 Å². The first kappa shape index (κ1) is 12.8. The molecule has 3 atom stereocenters. The van der Waals surface area contributed by atoms with Crippen molar-refractivity contribution in [1.82, 2.24) is 4.90 Å². The number of likely N-dealkylation sites (tertiary alicyclic amines) is 1. The number of rotatable bonds is 4. The Hall–Kier alpha value is -0.610. The van der Waals surface area contributed by atoms with E-state index in [0.29, 0.717) is 24.3 Å². The van der Waals surface area contributed by atoms with Crippen LogP contribution >= 0.6 is 0 Å². The first-order valence-corrected chi connectivity index (χ1v) is 6.73. The van der Waals surface area contributed by atoms with Gasteiger partial charge in [0.15, 0.2) is 0 Å². The average Bonchev–Trinajstić information content (AvgIpc) is 2.97. The Kier molecular flexibility index (Phi) is 3.46. The molecule has 4 heteroatoms. The molecule has 1 amide bonds. The molecule has 0 aromatic heterocycles. The van der Waals surface area contributed by atoms with Crippen molar-refractivity contribution in [2.24, 2.45) is 29.2 Å². The molecule has 0 aromatic carbocycles. The van der Waals surface area contributed by atoms with Gasteiger partial charge >= 0.3 is 0 Å². The number of hydrogen-bond donors (Lipinski definition) is 2. The number of carbonyl (C=O) groups excluding carboxylic acids is 1. The standard InChI is InChI=1S/C13H25N3O/c1-9-5-10(2)7-16(6-9)8-13(15,12(14)17)11-3-4-11/h9-11H,3-8,15H2,1-2H3,(H2,14,17). The van der Waals surface area contributed by atoms with Crippen molar-refractivity contribution in [2.45, 2.75) is 38.6 Å². The highest BCUT2D eigenvalue weighted by Crippen LogP contribution is 2.39. The fourth-order valence-corrected chi connectivity index (χ4v) is 3.30. The number of carbonyl (C=O) groups is 1. The molecule has 4 N–H and O–H groups in total. The van der Waals surface area contributed by atoms with Crippen LogP contribution in [-0.4, -0.2) is 36.0 Å². The van der Waals surface area contributed by atoms with Gasteiger partial charge in [-0.15, -0.1) is 0 Å². The highest BCUT2D eigenvalue weighted by Gasteiger charge is 2.48. The quantitative estimate of drug-likeness (QED) is 0.753. The molecular formula is C13H25N3O. The molecule has 1 aliphatic carbocycles. The van der Waals surface area contributed by atoms with Gasteiger partial charge in [-0.1, -0.05) is 13.8 Å². The highest BCUT2D eigenvalue weighted by molar-refractivity contribution is 5.85. The molecule has 0 bridgehead atoms. The second-order valence-electron chi connectivity index (χ2n) is 6.32. The van der Waals surface area contributed by atoms with Crippen molar-refractivity contribution < 1.29 is 4.79 Å². The SMILES string of the molecule is CC1CC(C)CN(CC(N)(C(N)=O)C2CC2)C1. The van der Waals surface area contributed by atoms with E-state index in [-0.39, 0.29) is 5.91 Å². The Labute approximate surface area is 104 Å². The lowest BCUT2D eigenvalue weighted by atomic mass is 9.88. The van der Waals surface area contributed by atoms with E-state index < -0.39 is 5.54 Å². The van der Waals surface area contributed by atoms with E-state index in [2.05, 4.69) is 18.7 Å². The first-order valence-electron chi connectivity index (χ1n) is 6.73.